The summed E-state index contributed by atoms with van der Waals surface area (Å²) in [6, 6.07) is 18.3. The molecule has 0 aliphatic carbocycles. The standard InChI is InChI=1S/C22H26N4O3S/c1-2-25-21(23-26(22(25)27)17-18-9-5-3-6-10-18)19-13-15-24(16-14-19)30(28,29)20-11-7-4-8-12-20/h3-12,19H,2,13-17H2,1H3. The first-order chi connectivity index (χ1) is 14.5. The van der Waals surface area contributed by atoms with E-state index >= 15 is 0 Å². The van der Waals surface area contributed by atoms with Gasteiger partial charge in [-0.2, -0.15) is 9.40 Å². The third kappa shape index (κ3) is 3.97. The van der Waals surface area contributed by atoms with Gasteiger partial charge in [-0.3, -0.25) is 4.57 Å². The molecule has 0 spiro atoms. The summed E-state index contributed by atoms with van der Waals surface area (Å²) < 4.78 is 30.5. The van der Waals surface area contributed by atoms with E-state index in [4.69, 9.17) is 0 Å². The largest absolute Gasteiger partial charge is 0.346 e. The second-order valence-corrected chi connectivity index (χ2v) is 9.46. The first-order valence-corrected chi connectivity index (χ1v) is 11.7. The van der Waals surface area contributed by atoms with Crippen LogP contribution in [0.15, 0.2) is 70.4 Å². The van der Waals surface area contributed by atoms with Crippen LogP contribution < -0.4 is 5.69 Å². The molecule has 0 amide bonds. The minimum atomic E-state index is -3.49. The Morgan fingerprint density at radius 2 is 1.57 bits per heavy atom. The molecule has 1 aliphatic rings. The van der Waals surface area contributed by atoms with Gasteiger partial charge in [0.1, 0.15) is 5.82 Å². The van der Waals surface area contributed by atoms with Gasteiger partial charge in [0.15, 0.2) is 0 Å². The molecule has 1 saturated heterocycles. The van der Waals surface area contributed by atoms with Gasteiger partial charge in [-0.05, 0) is 37.5 Å². The van der Waals surface area contributed by atoms with Gasteiger partial charge in [0.2, 0.25) is 10.0 Å². The monoisotopic (exact) mass is 426 g/mol. The Hall–Kier alpha value is -2.71. The first-order valence-electron chi connectivity index (χ1n) is 10.3. The first kappa shape index (κ1) is 20.6. The molecule has 2 aromatic carbocycles. The Bertz CT molecular complexity index is 1150. The molecule has 158 valence electrons. The Labute approximate surface area is 176 Å². The molecule has 3 aromatic rings. The summed E-state index contributed by atoms with van der Waals surface area (Å²) in [6.45, 7) is 3.76. The van der Waals surface area contributed by atoms with Crippen LogP contribution in [0.1, 0.15) is 37.1 Å². The molecular formula is C22H26N4O3S. The molecule has 2 heterocycles. The quantitative estimate of drug-likeness (QED) is 0.607. The zero-order chi connectivity index (χ0) is 21.1. The minimum Gasteiger partial charge on any atom is -0.279 e. The van der Waals surface area contributed by atoms with E-state index in [2.05, 4.69) is 5.10 Å². The molecule has 0 N–H and O–H groups in total. The minimum absolute atomic E-state index is 0.0666. The van der Waals surface area contributed by atoms with Crippen molar-refractivity contribution in [3.05, 3.63) is 82.5 Å². The normalized spacial score (nSPS) is 16.0. The van der Waals surface area contributed by atoms with Gasteiger partial charge in [0.25, 0.3) is 0 Å². The predicted molar refractivity (Wildman–Crippen MR) is 115 cm³/mol. The van der Waals surface area contributed by atoms with Crippen LogP contribution in [0.25, 0.3) is 0 Å². The van der Waals surface area contributed by atoms with Gasteiger partial charge in [-0.15, -0.1) is 0 Å². The summed E-state index contributed by atoms with van der Waals surface area (Å²) in [5.74, 6) is 0.826. The van der Waals surface area contributed by atoms with E-state index in [9.17, 15) is 13.2 Å². The van der Waals surface area contributed by atoms with Crippen molar-refractivity contribution >= 4 is 10.0 Å². The van der Waals surface area contributed by atoms with Crippen LogP contribution in [-0.2, 0) is 23.1 Å². The van der Waals surface area contributed by atoms with Crippen molar-refractivity contribution in [2.24, 2.45) is 0 Å². The number of hydrogen-bond donors (Lipinski definition) is 0. The van der Waals surface area contributed by atoms with E-state index in [0.717, 1.165) is 11.4 Å². The highest BCUT2D eigenvalue weighted by Gasteiger charge is 2.32. The van der Waals surface area contributed by atoms with E-state index in [0.29, 0.717) is 43.9 Å². The molecule has 0 bridgehead atoms. The average Bonchev–Trinajstić information content (AvgIpc) is 3.10. The Balaban J connectivity index is 1.52. The highest BCUT2D eigenvalue weighted by atomic mass is 32.2. The van der Waals surface area contributed by atoms with E-state index in [1.807, 2.05) is 37.3 Å². The van der Waals surface area contributed by atoms with Crippen LogP contribution in [0.4, 0.5) is 0 Å². The highest BCUT2D eigenvalue weighted by molar-refractivity contribution is 7.89. The maximum Gasteiger partial charge on any atom is 0.346 e. The number of aromatic nitrogens is 3. The van der Waals surface area contributed by atoms with Crippen molar-refractivity contribution in [2.45, 2.75) is 43.7 Å². The van der Waals surface area contributed by atoms with Crippen molar-refractivity contribution < 1.29 is 8.42 Å². The van der Waals surface area contributed by atoms with Gasteiger partial charge in [-0.1, -0.05) is 48.5 Å². The lowest BCUT2D eigenvalue weighted by Crippen LogP contribution is -2.38. The molecular weight excluding hydrogens is 400 g/mol. The second kappa shape index (κ2) is 8.57. The predicted octanol–water partition coefficient (Wildman–Crippen LogP) is 2.68. The summed E-state index contributed by atoms with van der Waals surface area (Å²) in [5.41, 5.74) is 0.909. The molecule has 0 unspecified atom stereocenters. The fraction of sp³-hybridized carbons (Fsp3) is 0.364. The number of benzene rings is 2. The number of hydrogen-bond acceptors (Lipinski definition) is 4. The third-order valence-electron chi connectivity index (χ3n) is 5.64. The molecule has 8 heteroatoms. The number of rotatable bonds is 6. The van der Waals surface area contributed by atoms with E-state index in [-0.39, 0.29) is 11.6 Å². The molecule has 1 fully saturated rings. The van der Waals surface area contributed by atoms with E-state index in [1.165, 1.54) is 8.99 Å². The summed E-state index contributed by atoms with van der Waals surface area (Å²) in [6.07, 6.45) is 1.29. The van der Waals surface area contributed by atoms with Crippen molar-refractivity contribution in [1.82, 2.24) is 18.7 Å². The molecule has 0 atom stereocenters. The molecule has 1 aliphatic heterocycles. The van der Waals surface area contributed by atoms with Gasteiger partial charge in [0, 0.05) is 25.6 Å². The van der Waals surface area contributed by atoms with Crippen LogP contribution in [0.2, 0.25) is 0 Å². The van der Waals surface area contributed by atoms with E-state index < -0.39 is 10.0 Å². The fourth-order valence-electron chi connectivity index (χ4n) is 4.01. The number of nitrogens with zero attached hydrogens (tertiary/aromatic N) is 4. The Morgan fingerprint density at radius 1 is 0.967 bits per heavy atom. The van der Waals surface area contributed by atoms with Gasteiger partial charge in [0.05, 0.1) is 11.4 Å². The number of piperidine rings is 1. The van der Waals surface area contributed by atoms with Gasteiger partial charge >= 0.3 is 5.69 Å². The van der Waals surface area contributed by atoms with Crippen LogP contribution >= 0.6 is 0 Å². The fourth-order valence-corrected chi connectivity index (χ4v) is 5.50. The smallest absolute Gasteiger partial charge is 0.279 e. The Kier molecular flexibility index (Phi) is 5.87. The summed E-state index contributed by atoms with van der Waals surface area (Å²) in [4.78, 5) is 13.2. The molecule has 30 heavy (non-hydrogen) atoms. The van der Waals surface area contributed by atoms with Crippen molar-refractivity contribution in [3.63, 3.8) is 0 Å². The highest BCUT2D eigenvalue weighted by Crippen LogP contribution is 2.29. The molecule has 0 saturated carbocycles. The van der Waals surface area contributed by atoms with E-state index in [1.54, 1.807) is 34.9 Å². The van der Waals surface area contributed by atoms with Crippen LogP contribution in [0, 0.1) is 0 Å². The van der Waals surface area contributed by atoms with Crippen molar-refractivity contribution in [1.29, 1.82) is 0 Å². The average molecular weight is 427 g/mol. The lowest BCUT2D eigenvalue weighted by molar-refractivity contribution is 0.308. The third-order valence-corrected chi connectivity index (χ3v) is 7.56. The van der Waals surface area contributed by atoms with Crippen LogP contribution in [0.5, 0.6) is 0 Å². The van der Waals surface area contributed by atoms with Crippen molar-refractivity contribution in [2.75, 3.05) is 13.1 Å². The number of sulfonamides is 1. The van der Waals surface area contributed by atoms with Crippen LogP contribution in [0.3, 0.4) is 0 Å². The Morgan fingerprint density at radius 3 is 2.17 bits per heavy atom. The summed E-state index contributed by atoms with van der Waals surface area (Å²) in [7, 11) is -3.49. The zero-order valence-corrected chi connectivity index (χ0v) is 17.8. The molecule has 4 rings (SSSR count). The SMILES string of the molecule is CCn1c(C2CCN(S(=O)(=O)c3ccccc3)CC2)nn(Cc2ccccc2)c1=O. The zero-order valence-electron chi connectivity index (χ0n) is 17.0. The van der Waals surface area contributed by atoms with Crippen LogP contribution in [-0.4, -0.2) is 40.2 Å². The summed E-state index contributed by atoms with van der Waals surface area (Å²) >= 11 is 0. The lowest BCUT2D eigenvalue weighted by Gasteiger charge is -2.30. The van der Waals surface area contributed by atoms with Crippen molar-refractivity contribution in [3.8, 4) is 0 Å². The molecule has 1 aromatic heterocycles. The van der Waals surface area contributed by atoms with Gasteiger partial charge < -0.3 is 0 Å². The lowest BCUT2D eigenvalue weighted by atomic mass is 9.97. The molecule has 0 radical (unpaired) electrons. The maximum absolute atomic E-state index is 12.9. The maximum atomic E-state index is 12.9. The summed E-state index contributed by atoms with van der Waals surface area (Å²) in [5, 5.41) is 4.64. The second-order valence-electron chi connectivity index (χ2n) is 7.52. The van der Waals surface area contributed by atoms with Gasteiger partial charge in [-0.25, -0.2) is 17.9 Å². The molecule has 7 nitrogen and oxygen atoms in total. The topological polar surface area (TPSA) is 77.2 Å².